The molecule has 6 nitrogen and oxygen atoms in total. The molecule has 7 heteroatoms. The Morgan fingerprint density at radius 2 is 1.95 bits per heavy atom. The zero-order valence-corrected chi connectivity index (χ0v) is 10.0. The van der Waals surface area contributed by atoms with Crippen molar-refractivity contribution in [1.29, 1.82) is 0 Å². The molecular weight excluding hydrogens is 265 g/mol. The van der Waals surface area contributed by atoms with Crippen molar-refractivity contribution in [1.82, 2.24) is 4.98 Å². The predicted molar refractivity (Wildman–Crippen MR) is 70.3 cm³/mol. The number of nitrogens with zero attached hydrogens (tertiary/aromatic N) is 2. The van der Waals surface area contributed by atoms with E-state index in [-0.39, 0.29) is 11.7 Å². The van der Waals surface area contributed by atoms with Gasteiger partial charge in [0.15, 0.2) is 5.58 Å². The van der Waals surface area contributed by atoms with Crippen LogP contribution in [0.25, 0.3) is 11.1 Å². The number of nitro groups is 1. The van der Waals surface area contributed by atoms with Crippen molar-refractivity contribution < 1.29 is 13.7 Å². The number of hydrogen-bond acceptors (Lipinski definition) is 5. The van der Waals surface area contributed by atoms with Crippen molar-refractivity contribution in [2.45, 2.75) is 0 Å². The summed E-state index contributed by atoms with van der Waals surface area (Å²) in [6.07, 6.45) is 0. The minimum Gasteiger partial charge on any atom is -0.423 e. The molecule has 0 saturated heterocycles. The summed E-state index contributed by atoms with van der Waals surface area (Å²) >= 11 is 0. The first-order valence-electron chi connectivity index (χ1n) is 5.69. The van der Waals surface area contributed by atoms with Gasteiger partial charge in [0.05, 0.1) is 4.92 Å². The van der Waals surface area contributed by atoms with Crippen molar-refractivity contribution in [2.24, 2.45) is 0 Å². The standard InChI is InChI=1S/C13H8FN3O3/c14-8-1-6-11-12(7-8)20-13(16-11)15-9-2-4-10(5-3-9)17(18)19/h1-7H,(H,15,16). The van der Waals surface area contributed by atoms with Gasteiger partial charge in [0, 0.05) is 23.9 Å². The zero-order chi connectivity index (χ0) is 14.1. The molecule has 1 aromatic heterocycles. The molecule has 0 spiro atoms. The molecule has 3 aromatic rings. The smallest absolute Gasteiger partial charge is 0.300 e. The average molecular weight is 273 g/mol. The van der Waals surface area contributed by atoms with E-state index in [1.54, 1.807) is 0 Å². The largest absolute Gasteiger partial charge is 0.423 e. The third kappa shape index (κ3) is 2.28. The molecule has 0 saturated carbocycles. The van der Waals surface area contributed by atoms with E-state index in [1.807, 2.05) is 0 Å². The molecule has 20 heavy (non-hydrogen) atoms. The number of hydrogen-bond donors (Lipinski definition) is 1. The minimum atomic E-state index is -0.480. The van der Waals surface area contributed by atoms with Crippen LogP contribution in [0.5, 0.6) is 0 Å². The van der Waals surface area contributed by atoms with Gasteiger partial charge in [0.2, 0.25) is 0 Å². The Kier molecular flexibility index (Phi) is 2.79. The van der Waals surface area contributed by atoms with Gasteiger partial charge < -0.3 is 9.73 Å². The van der Waals surface area contributed by atoms with Crippen molar-refractivity contribution >= 4 is 28.5 Å². The van der Waals surface area contributed by atoms with Gasteiger partial charge in [0.1, 0.15) is 11.3 Å². The van der Waals surface area contributed by atoms with Crippen LogP contribution >= 0.6 is 0 Å². The highest BCUT2D eigenvalue weighted by Crippen LogP contribution is 2.23. The van der Waals surface area contributed by atoms with Gasteiger partial charge in [-0.25, -0.2) is 4.39 Å². The maximum absolute atomic E-state index is 13.0. The van der Waals surface area contributed by atoms with E-state index in [0.29, 0.717) is 16.8 Å². The summed E-state index contributed by atoms with van der Waals surface area (Å²) in [6, 6.07) is 10.0. The van der Waals surface area contributed by atoms with Crippen molar-refractivity contribution in [2.75, 3.05) is 5.32 Å². The molecular formula is C13H8FN3O3. The second-order valence-corrected chi connectivity index (χ2v) is 4.06. The number of oxazole rings is 1. The van der Waals surface area contributed by atoms with Gasteiger partial charge in [0.25, 0.3) is 11.7 Å². The normalized spacial score (nSPS) is 10.7. The van der Waals surface area contributed by atoms with Gasteiger partial charge >= 0.3 is 0 Å². The van der Waals surface area contributed by atoms with Gasteiger partial charge in [-0.3, -0.25) is 10.1 Å². The molecule has 0 bridgehead atoms. The van der Waals surface area contributed by atoms with E-state index >= 15 is 0 Å². The van der Waals surface area contributed by atoms with Gasteiger partial charge in [-0.1, -0.05) is 0 Å². The van der Waals surface area contributed by atoms with Crippen molar-refractivity contribution in [3.63, 3.8) is 0 Å². The van der Waals surface area contributed by atoms with Gasteiger partial charge in [-0.05, 0) is 24.3 Å². The third-order valence-corrected chi connectivity index (χ3v) is 2.68. The number of anilines is 2. The summed E-state index contributed by atoms with van der Waals surface area (Å²) in [5.41, 5.74) is 1.43. The highest BCUT2D eigenvalue weighted by molar-refractivity contribution is 5.75. The monoisotopic (exact) mass is 273 g/mol. The van der Waals surface area contributed by atoms with Crippen LogP contribution in [0.3, 0.4) is 0 Å². The van der Waals surface area contributed by atoms with Crippen LogP contribution in [-0.4, -0.2) is 9.91 Å². The first-order valence-corrected chi connectivity index (χ1v) is 5.69. The van der Waals surface area contributed by atoms with Crippen LogP contribution < -0.4 is 5.32 Å². The molecule has 0 aliphatic carbocycles. The summed E-state index contributed by atoms with van der Waals surface area (Å²) in [7, 11) is 0. The Labute approximate surface area is 112 Å². The van der Waals surface area contributed by atoms with E-state index < -0.39 is 10.7 Å². The van der Waals surface area contributed by atoms with Crippen LogP contribution in [-0.2, 0) is 0 Å². The molecule has 0 atom stereocenters. The van der Waals surface area contributed by atoms with E-state index in [9.17, 15) is 14.5 Å². The van der Waals surface area contributed by atoms with Crippen LogP contribution in [0.2, 0.25) is 0 Å². The first kappa shape index (κ1) is 12.1. The number of benzene rings is 2. The molecule has 0 fully saturated rings. The lowest BCUT2D eigenvalue weighted by molar-refractivity contribution is -0.384. The van der Waals surface area contributed by atoms with E-state index in [0.717, 1.165) is 0 Å². The fraction of sp³-hybridized carbons (Fsp3) is 0. The first-order chi connectivity index (χ1) is 9.61. The number of aromatic nitrogens is 1. The Balaban J connectivity index is 1.87. The zero-order valence-electron chi connectivity index (χ0n) is 10.0. The highest BCUT2D eigenvalue weighted by Gasteiger charge is 2.08. The Bertz CT molecular complexity index is 783. The van der Waals surface area contributed by atoms with Crippen LogP contribution in [0.15, 0.2) is 46.9 Å². The topological polar surface area (TPSA) is 81.2 Å². The number of nitrogens with one attached hydrogen (secondary N) is 1. The average Bonchev–Trinajstić information content (AvgIpc) is 2.80. The summed E-state index contributed by atoms with van der Waals surface area (Å²) in [5.74, 6) is -0.407. The second kappa shape index (κ2) is 4.61. The molecule has 0 aliphatic rings. The molecule has 0 amide bonds. The van der Waals surface area contributed by atoms with Crippen LogP contribution in [0, 0.1) is 15.9 Å². The lowest BCUT2D eigenvalue weighted by atomic mass is 10.3. The molecule has 3 rings (SSSR count). The predicted octanol–water partition coefficient (Wildman–Crippen LogP) is 3.62. The molecule has 1 N–H and O–H groups in total. The summed E-state index contributed by atoms with van der Waals surface area (Å²) < 4.78 is 18.4. The maximum Gasteiger partial charge on any atom is 0.300 e. The molecule has 2 aromatic carbocycles. The lowest BCUT2D eigenvalue weighted by Gasteiger charge is -2.00. The van der Waals surface area contributed by atoms with Crippen molar-refractivity contribution in [3.8, 4) is 0 Å². The molecule has 0 unspecified atom stereocenters. The number of non-ortho nitro benzene ring substituents is 1. The summed E-state index contributed by atoms with van der Waals surface area (Å²) in [5, 5.41) is 13.4. The molecule has 1 heterocycles. The minimum absolute atomic E-state index is 0.00446. The number of nitro benzene ring substituents is 1. The van der Waals surface area contributed by atoms with Crippen LogP contribution in [0.4, 0.5) is 21.8 Å². The third-order valence-electron chi connectivity index (χ3n) is 2.68. The molecule has 0 aliphatic heterocycles. The number of rotatable bonds is 3. The summed E-state index contributed by atoms with van der Waals surface area (Å²) in [4.78, 5) is 14.2. The molecule has 0 radical (unpaired) electrons. The fourth-order valence-electron chi connectivity index (χ4n) is 1.74. The van der Waals surface area contributed by atoms with E-state index in [1.165, 1.54) is 42.5 Å². The Morgan fingerprint density at radius 3 is 2.65 bits per heavy atom. The quantitative estimate of drug-likeness (QED) is 0.582. The van der Waals surface area contributed by atoms with Gasteiger partial charge in [-0.2, -0.15) is 4.98 Å². The van der Waals surface area contributed by atoms with E-state index in [4.69, 9.17) is 4.42 Å². The second-order valence-electron chi connectivity index (χ2n) is 4.06. The maximum atomic E-state index is 13.0. The van der Waals surface area contributed by atoms with E-state index in [2.05, 4.69) is 10.3 Å². The summed E-state index contributed by atoms with van der Waals surface area (Å²) in [6.45, 7) is 0. The Morgan fingerprint density at radius 1 is 1.20 bits per heavy atom. The number of fused-ring (bicyclic) bond motifs is 1. The Hall–Kier alpha value is -2.96. The van der Waals surface area contributed by atoms with Crippen LogP contribution in [0.1, 0.15) is 0 Å². The SMILES string of the molecule is O=[N+]([O-])c1ccc(Nc2nc3ccc(F)cc3o2)cc1. The van der Waals surface area contributed by atoms with Crippen molar-refractivity contribution in [3.05, 3.63) is 58.4 Å². The lowest BCUT2D eigenvalue weighted by Crippen LogP contribution is -1.91. The fourth-order valence-corrected chi connectivity index (χ4v) is 1.74. The highest BCUT2D eigenvalue weighted by atomic mass is 19.1. The van der Waals surface area contributed by atoms with Gasteiger partial charge in [-0.15, -0.1) is 0 Å². The number of halogens is 1. The molecule has 100 valence electrons.